The number of benzene rings is 2. The molecule has 0 aromatic heterocycles. The first-order chi connectivity index (χ1) is 14.3. The third kappa shape index (κ3) is 4.14. The number of carbonyl (C=O) groups is 1. The Morgan fingerprint density at radius 1 is 1.00 bits per heavy atom. The van der Waals surface area contributed by atoms with E-state index in [0.29, 0.717) is 31.1 Å². The van der Waals surface area contributed by atoms with Crippen LogP contribution in [0.4, 0.5) is 0 Å². The molecule has 0 bridgehead atoms. The smallest absolute Gasteiger partial charge is 0.246 e. The van der Waals surface area contributed by atoms with Crippen LogP contribution in [0.2, 0.25) is 15.1 Å². The molecule has 0 aliphatic carbocycles. The summed E-state index contributed by atoms with van der Waals surface area (Å²) in [5.74, 6) is 0.376. The number of sulfonamides is 1. The predicted octanol–water partition coefficient (Wildman–Crippen LogP) is 3.73. The highest BCUT2D eigenvalue weighted by atomic mass is 35.5. The van der Waals surface area contributed by atoms with Crippen LogP contribution < -0.4 is 4.74 Å². The topological polar surface area (TPSA) is 66.9 Å². The van der Waals surface area contributed by atoms with Crippen LogP contribution >= 0.6 is 34.8 Å². The van der Waals surface area contributed by atoms with Crippen molar-refractivity contribution in [1.29, 1.82) is 0 Å². The van der Waals surface area contributed by atoms with Crippen LogP contribution in [0.25, 0.3) is 0 Å². The first kappa shape index (κ1) is 21.7. The van der Waals surface area contributed by atoms with Gasteiger partial charge >= 0.3 is 0 Å². The van der Waals surface area contributed by atoms with Crippen molar-refractivity contribution in [2.24, 2.45) is 5.92 Å². The first-order valence-electron chi connectivity index (χ1n) is 9.41. The highest BCUT2D eigenvalue weighted by Gasteiger charge is 2.35. The molecule has 6 nitrogen and oxygen atoms in total. The predicted molar refractivity (Wildman–Crippen MR) is 116 cm³/mol. The Morgan fingerprint density at radius 2 is 1.67 bits per heavy atom. The minimum atomic E-state index is -3.85. The number of hydrogen-bond donors (Lipinski definition) is 0. The summed E-state index contributed by atoms with van der Waals surface area (Å²) in [6.07, 6.45) is 0.544. The summed E-state index contributed by atoms with van der Waals surface area (Å²) in [7, 11) is -3.85. The SMILES string of the molecule is O=C(C1COc2ccc(Cl)cc2C1)N1CCN(S(=O)(=O)c2c(Cl)cccc2Cl)CC1. The second-order valence-electron chi connectivity index (χ2n) is 7.24. The first-order valence-corrected chi connectivity index (χ1v) is 12.0. The number of hydrogen-bond acceptors (Lipinski definition) is 4. The van der Waals surface area contributed by atoms with E-state index in [9.17, 15) is 13.2 Å². The molecule has 2 heterocycles. The highest BCUT2D eigenvalue weighted by Crippen LogP contribution is 2.33. The van der Waals surface area contributed by atoms with Gasteiger partial charge in [-0.15, -0.1) is 0 Å². The zero-order valence-corrected chi connectivity index (χ0v) is 18.9. The Labute approximate surface area is 190 Å². The van der Waals surface area contributed by atoms with Crippen molar-refractivity contribution >= 4 is 50.7 Å². The van der Waals surface area contributed by atoms with Gasteiger partial charge in [0, 0.05) is 31.2 Å². The summed E-state index contributed by atoms with van der Waals surface area (Å²) in [5.41, 5.74) is 0.904. The molecule has 0 radical (unpaired) electrons. The maximum atomic E-state index is 13.0. The number of rotatable bonds is 3. The van der Waals surface area contributed by atoms with Gasteiger partial charge in [-0.25, -0.2) is 8.42 Å². The Balaban J connectivity index is 1.43. The van der Waals surface area contributed by atoms with Crippen LogP contribution in [0, 0.1) is 5.92 Å². The van der Waals surface area contributed by atoms with Crippen LogP contribution in [0.3, 0.4) is 0 Å². The number of carbonyl (C=O) groups excluding carboxylic acids is 1. The van der Waals surface area contributed by atoms with E-state index >= 15 is 0 Å². The van der Waals surface area contributed by atoms with Gasteiger partial charge in [-0.2, -0.15) is 4.31 Å². The molecule has 1 fully saturated rings. The van der Waals surface area contributed by atoms with Crippen molar-refractivity contribution in [1.82, 2.24) is 9.21 Å². The van der Waals surface area contributed by atoms with E-state index in [4.69, 9.17) is 39.5 Å². The third-order valence-electron chi connectivity index (χ3n) is 5.35. The van der Waals surface area contributed by atoms with Gasteiger partial charge in [0.25, 0.3) is 0 Å². The van der Waals surface area contributed by atoms with Crippen LogP contribution in [0.15, 0.2) is 41.3 Å². The number of halogens is 3. The third-order valence-corrected chi connectivity index (χ3v) is 8.44. The molecule has 0 saturated carbocycles. The zero-order chi connectivity index (χ0) is 21.5. The quantitative estimate of drug-likeness (QED) is 0.659. The average molecular weight is 490 g/mol. The lowest BCUT2D eigenvalue weighted by Gasteiger charge is -2.36. The molecule has 160 valence electrons. The van der Waals surface area contributed by atoms with Crippen molar-refractivity contribution in [3.05, 3.63) is 57.0 Å². The fourth-order valence-corrected chi connectivity index (χ4v) is 6.50. The Hall–Kier alpha value is -1.51. The maximum Gasteiger partial charge on any atom is 0.246 e. The second-order valence-corrected chi connectivity index (χ2v) is 10.4. The molecule has 30 heavy (non-hydrogen) atoms. The Bertz CT molecular complexity index is 1070. The van der Waals surface area contributed by atoms with Crippen molar-refractivity contribution in [2.45, 2.75) is 11.3 Å². The molecule has 2 aliphatic rings. The summed E-state index contributed by atoms with van der Waals surface area (Å²) >= 11 is 18.2. The molecule has 1 unspecified atom stereocenters. The van der Waals surface area contributed by atoms with E-state index in [1.807, 2.05) is 12.1 Å². The normalized spacial score (nSPS) is 19.8. The maximum absolute atomic E-state index is 13.0. The summed E-state index contributed by atoms with van der Waals surface area (Å²) < 4.78 is 33.0. The Kier molecular flexibility index (Phi) is 6.19. The lowest BCUT2D eigenvalue weighted by molar-refractivity contribution is -0.138. The second kappa shape index (κ2) is 8.55. The Morgan fingerprint density at radius 3 is 2.33 bits per heavy atom. The summed E-state index contributed by atoms with van der Waals surface area (Å²) in [6, 6.07) is 9.96. The van der Waals surface area contributed by atoms with Gasteiger partial charge < -0.3 is 9.64 Å². The van der Waals surface area contributed by atoms with Crippen molar-refractivity contribution in [3.8, 4) is 5.75 Å². The zero-order valence-electron chi connectivity index (χ0n) is 15.9. The van der Waals surface area contributed by atoms with Crippen LogP contribution in [0.1, 0.15) is 5.56 Å². The molecular formula is C20H19Cl3N2O4S. The van der Waals surface area contributed by atoms with Crippen LogP contribution in [0.5, 0.6) is 5.75 Å². The van der Waals surface area contributed by atoms with Gasteiger partial charge in [0.2, 0.25) is 15.9 Å². The molecule has 4 rings (SSSR count). The van der Waals surface area contributed by atoms with Gasteiger partial charge in [0.05, 0.1) is 16.0 Å². The minimum Gasteiger partial charge on any atom is -0.492 e. The number of piperazine rings is 1. The number of nitrogens with zero attached hydrogens (tertiary/aromatic N) is 2. The van der Waals surface area contributed by atoms with E-state index in [1.54, 1.807) is 17.0 Å². The van der Waals surface area contributed by atoms with Crippen LogP contribution in [-0.2, 0) is 21.2 Å². The molecule has 0 N–H and O–H groups in total. The van der Waals surface area contributed by atoms with Gasteiger partial charge in [-0.3, -0.25) is 4.79 Å². The minimum absolute atomic E-state index is 0.0477. The summed E-state index contributed by atoms with van der Waals surface area (Å²) in [6.45, 7) is 1.22. The fourth-order valence-electron chi connectivity index (χ4n) is 3.79. The monoisotopic (exact) mass is 488 g/mol. The number of amides is 1. The highest BCUT2D eigenvalue weighted by molar-refractivity contribution is 7.89. The molecule has 2 aliphatic heterocycles. The lowest BCUT2D eigenvalue weighted by atomic mass is 9.95. The van der Waals surface area contributed by atoms with Crippen LogP contribution in [-0.4, -0.2) is 56.3 Å². The molecule has 1 amide bonds. The molecule has 1 atom stereocenters. The van der Waals surface area contributed by atoms with Gasteiger partial charge in [0.15, 0.2) is 0 Å². The van der Waals surface area contributed by atoms with E-state index in [-0.39, 0.29) is 39.9 Å². The largest absolute Gasteiger partial charge is 0.492 e. The van der Waals surface area contributed by atoms with Gasteiger partial charge in [-0.1, -0.05) is 40.9 Å². The van der Waals surface area contributed by atoms with Gasteiger partial charge in [0.1, 0.15) is 17.3 Å². The van der Waals surface area contributed by atoms with E-state index < -0.39 is 10.0 Å². The molecule has 2 aromatic carbocycles. The molecule has 10 heteroatoms. The fraction of sp³-hybridized carbons (Fsp3) is 0.350. The molecule has 0 spiro atoms. The average Bonchev–Trinajstić information content (AvgIpc) is 2.72. The number of ether oxygens (including phenoxy) is 1. The van der Waals surface area contributed by atoms with E-state index in [1.165, 1.54) is 16.4 Å². The van der Waals surface area contributed by atoms with Crippen molar-refractivity contribution in [3.63, 3.8) is 0 Å². The summed E-state index contributed by atoms with van der Waals surface area (Å²) in [4.78, 5) is 14.6. The summed E-state index contributed by atoms with van der Waals surface area (Å²) in [5, 5.41) is 0.762. The number of fused-ring (bicyclic) bond motifs is 1. The molecule has 2 aromatic rings. The van der Waals surface area contributed by atoms with E-state index in [0.717, 1.165) is 11.3 Å². The molecule has 1 saturated heterocycles. The van der Waals surface area contributed by atoms with E-state index in [2.05, 4.69) is 0 Å². The van der Waals surface area contributed by atoms with Crippen molar-refractivity contribution in [2.75, 3.05) is 32.8 Å². The van der Waals surface area contributed by atoms with Crippen molar-refractivity contribution < 1.29 is 17.9 Å². The standard InChI is InChI=1S/C20H19Cl3N2O4S/c21-15-4-5-18-13(11-15)10-14(12-29-18)20(26)24-6-8-25(9-7-24)30(27,28)19-16(22)2-1-3-17(19)23/h1-5,11,14H,6-10,12H2. The van der Waals surface area contributed by atoms with Gasteiger partial charge in [-0.05, 0) is 42.3 Å². The lowest BCUT2D eigenvalue weighted by Crippen LogP contribution is -2.53. The molecular weight excluding hydrogens is 471 g/mol.